The van der Waals surface area contributed by atoms with Crippen molar-refractivity contribution in [3.05, 3.63) is 98.8 Å². The summed E-state index contributed by atoms with van der Waals surface area (Å²) < 4.78 is 2.35. The van der Waals surface area contributed by atoms with Gasteiger partial charge >= 0.3 is 5.69 Å². The lowest BCUT2D eigenvalue weighted by Crippen LogP contribution is -2.44. The molecule has 0 unspecified atom stereocenters. The maximum atomic E-state index is 13.1. The maximum Gasteiger partial charge on any atom is 0.332 e. The fourth-order valence-electron chi connectivity index (χ4n) is 3.59. The number of nitrogens with two attached hydrogens (primary N) is 1. The van der Waals surface area contributed by atoms with E-state index in [1.807, 2.05) is 60.7 Å². The fourth-order valence-corrected chi connectivity index (χ4v) is 4.50. The minimum atomic E-state index is -0.649. The largest absolute Gasteiger partial charge is 0.384 e. The highest BCUT2D eigenvalue weighted by molar-refractivity contribution is 8.00. The van der Waals surface area contributed by atoms with Gasteiger partial charge in [-0.1, -0.05) is 48.5 Å². The Bertz CT molecular complexity index is 1410. The first-order valence-corrected chi connectivity index (χ1v) is 11.2. The van der Waals surface area contributed by atoms with Crippen molar-refractivity contribution in [2.45, 2.75) is 24.9 Å². The Morgan fingerprint density at radius 3 is 2.47 bits per heavy atom. The van der Waals surface area contributed by atoms with E-state index in [-0.39, 0.29) is 30.2 Å². The van der Waals surface area contributed by atoms with E-state index >= 15 is 0 Å². The third-order valence-corrected chi connectivity index (χ3v) is 6.29. The standard InChI is InChI=1S/C24H22N4O3S/c1-2-27-23(30)21(22(25)28(24(27)31)14-16-8-4-3-5-9-16)19(29)15-32-20-12-13-26-18-11-7-6-10-17(18)20/h3-13H,2,14-15,25H2,1H3. The lowest BCUT2D eigenvalue weighted by atomic mass is 10.2. The highest BCUT2D eigenvalue weighted by Crippen LogP contribution is 2.27. The summed E-state index contributed by atoms with van der Waals surface area (Å²) in [7, 11) is 0. The molecule has 32 heavy (non-hydrogen) atoms. The first-order valence-electron chi connectivity index (χ1n) is 10.2. The number of thioether (sulfide) groups is 1. The monoisotopic (exact) mass is 446 g/mol. The highest BCUT2D eigenvalue weighted by Gasteiger charge is 2.22. The molecule has 0 atom stereocenters. The Kier molecular flexibility index (Phi) is 6.23. The molecule has 8 heteroatoms. The van der Waals surface area contributed by atoms with Crippen LogP contribution >= 0.6 is 11.8 Å². The zero-order chi connectivity index (χ0) is 22.7. The van der Waals surface area contributed by atoms with E-state index in [2.05, 4.69) is 4.98 Å². The van der Waals surface area contributed by atoms with Crippen LogP contribution in [0.15, 0.2) is 81.3 Å². The Labute approximate surface area is 188 Å². The van der Waals surface area contributed by atoms with Gasteiger partial charge in [-0.25, -0.2) is 4.79 Å². The van der Waals surface area contributed by atoms with Crippen LogP contribution in [0, 0.1) is 0 Å². The van der Waals surface area contributed by atoms with Gasteiger partial charge in [0, 0.05) is 23.0 Å². The molecular weight excluding hydrogens is 424 g/mol. The molecule has 0 aliphatic heterocycles. The minimum absolute atomic E-state index is 0.0146. The third kappa shape index (κ3) is 4.09. The molecule has 0 saturated heterocycles. The number of nitrogen functional groups attached to an aromatic ring is 1. The van der Waals surface area contributed by atoms with Crippen molar-refractivity contribution in [1.82, 2.24) is 14.1 Å². The normalized spacial score (nSPS) is 11.0. The van der Waals surface area contributed by atoms with E-state index in [4.69, 9.17) is 5.73 Å². The topological polar surface area (TPSA) is 100.0 Å². The van der Waals surface area contributed by atoms with E-state index < -0.39 is 17.0 Å². The first-order chi connectivity index (χ1) is 15.5. The lowest BCUT2D eigenvalue weighted by molar-refractivity contribution is 0.102. The molecule has 0 saturated carbocycles. The van der Waals surface area contributed by atoms with Crippen LogP contribution in [0.1, 0.15) is 22.8 Å². The molecule has 0 amide bonds. The molecule has 2 aromatic heterocycles. The number of fused-ring (bicyclic) bond motifs is 1. The van der Waals surface area contributed by atoms with Gasteiger partial charge in [0.1, 0.15) is 11.4 Å². The summed E-state index contributed by atoms with van der Waals surface area (Å²) >= 11 is 1.32. The molecule has 2 N–H and O–H groups in total. The smallest absolute Gasteiger partial charge is 0.332 e. The quantitative estimate of drug-likeness (QED) is 0.346. The van der Waals surface area contributed by atoms with Gasteiger partial charge in [-0.3, -0.25) is 23.7 Å². The number of pyridine rings is 1. The van der Waals surface area contributed by atoms with Crippen LogP contribution in [0.2, 0.25) is 0 Å². The van der Waals surface area contributed by atoms with Gasteiger partial charge in [0.05, 0.1) is 17.8 Å². The van der Waals surface area contributed by atoms with Crippen molar-refractivity contribution in [2.75, 3.05) is 11.5 Å². The molecule has 0 spiro atoms. The molecule has 2 heterocycles. The second kappa shape index (κ2) is 9.23. The lowest BCUT2D eigenvalue weighted by Gasteiger charge is -2.16. The SMILES string of the molecule is CCn1c(=O)c(C(=O)CSc2ccnc3ccccc23)c(N)n(Cc2ccccc2)c1=O. The summed E-state index contributed by atoms with van der Waals surface area (Å²) in [5.41, 5.74) is 6.58. The fraction of sp³-hybridized carbons (Fsp3) is 0.167. The average Bonchev–Trinajstić information content (AvgIpc) is 2.81. The van der Waals surface area contributed by atoms with Gasteiger partial charge in [-0.05, 0) is 24.6 Å². The molecule has 0 radical (unpaired) electrons. The Morgan fingerprint density at radius 1 is 1.00 bits per heavy atom. The minimum Gasteiger partial charge on any atom is -0.384 e. The van der Waals surface area contributed by atoms with Crippen LogP contribution in [-0.2, 0) is 13.1 Å². The summed E-state index contributed by atoms with van der Waals surface area (Å²) in [4.78, 5) is 44.2. The number of hydrogen-bond acceptors (Lipinski definition) is 6. The number of rotatable bonds is 7. The van der Waals surface area contributed by atoms with Crippen molar-refractivity contribution in [2.24, 2.45) is 0 Å². The van der Waals surface area contributed by atoms with Crippen LogP contribution in [0.5, 0.6) is 0 Å². The molecule has 7 nitrogen and oxygen atoms in total. The predicted molar refractivity (Wildman–Crippen MR) is 127 cm³/mol. The number of carbonyl (C=O) groups excluding carboxylic acids is 1. The molecule has 2 aromatic carbocycles. The number of para-hydroxylation sites is 1. The van der Waals surface area contributed by atoms with Crippen LogP contribution in [-0.4, -0.2) is 25.7 Å². The Balaban J connectivity index is 1.70. The zero-order valence-electron chi connectivity index (χ0n) is 17.5. The van der Waals surface area contributed by atoms with Gasteiger partial charge < -0.3 is 5.73 Å². The third-order valence-electron chi connectivity index (χ3n) is 5.21. The molecule has 4 rings (SSSR count). The van der Waals surface area contributed by atoms with Gasteiger partial charge in [0.25, 0.3) is 5.56 Å². The molecule has 0 fully saturated rings. The number of hydrogen-bond donors (Lipinski definition) is 1. The Hall–Kier alpha value is -3.65. The molecule has 162 valence electrons. The average molecular weight is 447 g/mol. The van der Waals surface area contributed by atoms with Crippen LogP contribution < -0.4 is 17.0 Å². The van der Waals surface area contributed by atoms with Crippen LogP contribution in [0.4, 0.5) is 5.82 Å². The van der Waals surface area contributed by atoms with E-state index in [9.17, 15) is 14.4 Å². The van der Waals surface area contributed by atoms with E-state index in [0.717, 1.165) is 25.9 Å². The van der Waals surface area contributed by atoms with E-state index in [1.165, 1.54) is 16.3 Å². The number of ketones is 1. The van der Waals surface area contributed by atoms with E-state index in [1.54, 1.807) is 13.1 Å². The second-order valence-electron chi connectivity index (χ2n) is 7.20. The zero-order valence-corrected chi connectivity index (χ0v) is 18.3. The molecule has 0 aliphatic rings. The molecule has 0 bridgehead atoms. The Morgan fingerprint density at radius 2 is 1.72 bits per heavy atom. The van der Waals surface area contributed by atoms with E-state index in [0.29, 0.717) is 0 Å². The maximum absolute atomic E-state index is 13.1. The number of anilines is 1. The number of Topliss-reactive ketones (excluding diaryl/α,β-unsaturated/α-hetero) is 1. The predicted octanol–water partition coefficient (Wildman–Crippen LogP) is 3.18. The first kappa shape index (κ1) is 21.6. The molecule has 4 aromatic rings. The highest BCUT2D eigenvalue weighted by atomic mass is 32.2. The molecule has 0 aliphatic carbocycles. The van der Waals surface area contributed by atoms with Gasteiger partial charge in [0.2, 0.25) is 0 Å². The number of carbonyl (C=O) groups is 1. The summed E-state index contributed by atoms with van der Waals surface area (Å²) in [6.07, 6.45) is 1.69. The van der Waals surface area contributed by atoms with Gasteiger partial charge in [0.15, 0.2) is 5.78 Å². The summed E-state index contributed by atoms with van der Waals surface area (Å²) in [6, 6.07) is 18.8. The van der Waals surface area contributed by atoms with Crippen molar-refractivity contribution < 1.29 is 4.79 Å². The van der Waals surface area contributed by atoms with Gasteiger partial charge in [-0.15, -0.1) is 11.8 Å². The number of nitrogens with zero attached hydrogens (tertiary/aromatic N) is 3. The summed E-state index contributed by atoms with van der Waals surface area (Å²) in [5, 5.41) is 0.931. The molecular formula is C24H22N4O3S. The number of benzene rings is 2. The van der Waals surface area contributed by atoms with Crippen molar-refractivity contribution in [1.29, 1.82) is 0 Å². The number of aromatic nitrogens is 3. The summed E-state index contributed by atoms with van der Waals surface area (Å²) in [6.45, 7) is 2.02. The van der Waals surface area contributed by atoms with Crippen molar-refractivity contribution in [3.8, 4) is 0 Å². The van der Waals surface area contributed by atoms with Crippen LogP contribution in [0.25, 0.3) is 10.9 Å². The van der Waals surface area contributed by atoms with Crippen LogP contribution in [0.3, 0.4) is 0 Å². The second-order valence-corrected chi connectivity index (χ2v) is 8.22. The van der Waals surface area contributed by atoms with Crippen molar-refractivity contribution >= 4 is 34.3 Å². The van der Waals surface area contributed by atoms with Gasteiger partial charge in [-0.2, -0.15) is 0 Å². The summed E-state index contributed by atoms with van der Waals surface area (Å²) in [5.74, 6) is -0.498. The van der Waals surface area contributed by atoms with Crippen molar-refractivity contribution in [3.63, 3.8) is 0 Å².